The van der Waals surface area contributed by atoms with Gasteiger partial charge in [-0.3, -0.25) is 19.2 Å². The second-order valence-corrected chi connectivity index (χ2v) is 10.6. The number of halogens is 6. The molecule has 42 heavy (non-hydrogen) atoms. The number of hydrogen-bond acceptors (Lipinski definition) is 6. The third kappa shape index (κ3) is 7.25. The maximum atomic E-state index is 14.0. The first-order valence-electron chi connectivity index (χ1n) is 12.5. The maximum absolute atomic E-state index is 14.0. The molecule has 1 unspecified atom stereocenters. The summed E-state index contributed by atoms with van der Waals surface area (Å²) in [6, 6.07) is 3.28. The summed E-state index contributed by atoms with van der Waals surface area (Å²) in [4.78, 5) is 52.0. The Balaban J connectivity index is 1.90. The minimum Gasteiger partial charge on any atom is -0.479 e. The quantitative estimate of drug-likeness (QED) is 0.146. The second-order valence-electron chi connectivity index (χ2n) is 10.2. The summed E-state index contributed by atoms with van der Waals surface area (Å²) in [7, 11) is 0. The van der Waals surface area contributed by atoms with E-state index in [2.05, 4.69) is 10.1 Å². The van der Waals surface area contributed by atoms with Crippen LogP contribution in [0.3, 0.4) is 0 Å². The topological polar surface area (TPSA) is 104 Å². The molecule has 0 bridgehead atoms. The van der Waals surface area contributed by atoms with Crippen LogP contribution in [0.1, 0.15) is 46.6 Å². The summed E-state index contributed by atoms with van der Waals surface area (Å²) in [6.45, 7) is 4.90. The van der Waals surface area contributed by atoms with Crippen LogP contribution in [0, 0.1) is 29.1 Å². The molecule has 3 rings (SSSR count). The molecule has 0 radical (unpaired) electrons. The molecule has 1 aromatic heterocycles. The first kappa shape index (κ1) is 32.5. The summed E-state index contributed by atoms with van der Waals surface area (Å²) in [5, 5.41) is 3.37. The van der Waals surface area contributed by atoms with Crippen molar-refractivity contribution in [2.75, 3.05) is 6.61 Å². The van der Waals surface area contributed by atoms with Crippen molar-refractivity contribution < 1.29 is 45.8 Å². The van der Waals surface area contributed by atoms with Gasteiger partial charge in [-0.15, -0.1) is 0 Å². The molecule has 0 aliphatic rings. The molecular formula is C28H26ClF5N2O6. The van der Waals surface area contributed by atoms with E-state index < -0.39 is 88.8 Å². The van der Waals surface area contributed by atoms with Gasteiger partial charge in [0.05, 0.1) is 6.42 Å². The Labute approximate surface area is 241 Å². The van der Waals surface area contributed by atoms with Crippen molar-refractivity contribution in [1.29, 1.82) is 0 Å². The van der Waals surface area contributed by atoms with E-state index in [0.717, 1.165) is 4.57 Å². The van der Waals surface area contributed by atoms with Crippen molar-refractivity contribution >= 4 is 40.0 Å². The number of carbonyl (C=O) groups excluding carboxylic acids is 3. The van der Waals surface area contributed by atoms with E-state index in [1.54, 1.807) is 25.1 Å². The summed E-state index contributed by atoms with van der Waals surface area (Å²) >= 11 is 6.01. The highest BCUT2D eigenvalue weighted by Gasteiger charge is 2.32. The maximum Gasteiger partial charge on any atom is 0.308 e. The lowest BCUT2D eigenvalue weighted by molar-refractivity contribution is -0.156. The largest absolute Gasteiger partial charge is 0.479 e. The van der Waals surface area contributed by atoms with Gasteiger partial charge in [-0.05, 0) is 50.8 Å². The Morgan fingerprint density at radius 3 is 2.14 bits per heavy atom. The minimum absolute atomic E-state index is 0.0478. The highest BCUT2D eigenvalue weighted by molar-refractivity contribution is 6.31. The molecule has 8 nitrogen and oxygen atoms in total. The van der Waals surface area contributed by atoms with Gasteiger partial charge < -0.3 is 19.4 Å². The molecule has 3 aromatic rings. The number of esters is 1. The predicted octanol–water partition coefficient (Wildman–Crippen LogP) is 5.17. The number of carbonyl (C=O) groups is 3. The molecular weight excluding hydrogens is 591 g/mol. The van der Waals surface area contributed by atoms with Crippen LogP contribution < -0.4 is 15.6 Å². The lowest BCUT2D eigenvalue weighted by atomic mass is 10.1. The number of nitrogens with one attached hydrogen (secondary N) is 1. The van der Waals surface area contributed by atoms with Crippen LogP contribution in [0.5, 0.6) is 5.75 Å². The van der Waals surface area contributed by atoms with Gasteiger partial charge in [-0.1, -0.05) is 24.6 Å². The molecule has 226 valence electrons. The standard InChI is InChI=1S/C28H26ClF5N2O6/c1-5-17(36-9-8-13-6-7-14(29)10-15(13)27(36)40)26(39)35-16(11-19(38)42-28(2,3)4)18(37)12-41-25-23(33)21(31)20(30)22(32)24(25)34/h6-10,16-17H,5,11-12H2,1-4H3,(H,35,39)/t16?,17-/m0/s1. The van der Waals surface area contributed by atoms with Crippen molar-refractivity contribution in [2.24, 2.45) is 0 Å². The molecule has 14 heteroatoms. The van der Waals surface area contributed by atoms with E-state index in [9.17, 15) is 41.1 Å². The lowest BCUT2D eigenvalue weighted by Gasteiger charge is -2.25. The molecule has 1 heterocycles. The van der Waals surface area contributed by atoms with Crippen LogP contribution in [-0.4, -0.2) is 40.5 Å². The number of hydrogen-bond donors (Lipinski definition) is 1. The van der Waals surface area contributed by atoms with Crippen molar-refractivity contribution in [3.8, 4) is 5.75 Å². The number of rotatable bonds is 10. The zero-order valence-electron chi connectivity index (χ0n) is 22.8. The van der Waals surface area contributed by atoms with E-state index in [-0.39, 0.29) is 16.8 Å². The first-order valence-corrected chi connectivity index (χ1v) is 12.9. The molecule has 0 saturated carbocycles. The summed E-state index contributed by atoms with van der Waals surface area (Å²) < 4.78 is 79.4. The predicted molar refractivity (Wildman–Crippen MR) is 142 cm³/mol. The third-order valence-electron chi connectivity index (χ3n) is 5.94. The number of fused-ring (bicyclic) bond motifs is 1. The second kappa shape index (κ2) is 12.9. The van der Waals surface area contributed by atoms with Gasteiger partial charge in [0.1, 0.15) is 24.3 Å². The zero-order valence-corrected chi connectivity index (χ0v) is 23.6. The number of benzene rings is 2. The number of ether oxygens (including phenoxy) is 2. The molecule has 2 atom stereocenters. The number of nitrogens with zero attached hydrogens (tertiary/aromatic N) is 1. The lowest BCUT2D eigenvalue weighted by Crippen LogP contribution is -2.48. The minimum atomic E-state index is -2.42. The van der Waals surface area contributed by atoms with Crippen molar-refractivity contribution in [3.63, 3.8) is 0 Å². The van der Waals surface area contributed by atoms with Crippen LogP contribution in [-0.2, 0) is 19.1 Å². The molecule has 0 spiro atoms. The van der Waals surface area contributed by atoms with Crippen LogP contribution in [0.2, 0.25) is 5.02 Å². The van der Waals surface area contributed by atoms with Gasteiger partial charge in [-0.25, -0.2) is 13.2 Å². The van der Waals surface area contributed by atoms with E-state index in [1.807, 2.05) is 0 Å². The molecule has 0 aliphatic heterocycles. The van der Waals surface area contributed by atoms with Crippen LogP contribution in [0.15, 0.2) is 35.3 Å². The van der Waals surface area contributed by atoms with Gasteiger partial charge >= 0.3 is 5.97 Å². The smallest absolute Gasteiger partial charge is 0.308 e. The summed E-state index contributed by atoms with van der Waals surface area (Å²) in [6.07, 6.45) is 0.635. The Kier molecular flexibility index (Phi) is 9.98. The molecule has 1 N–H and O–H groups in total. The third-order valence-corrected chi connectivity index (χ3v) is 6.18. The number of pyridine rings is 1. The van der Waals surface area contributed by atoms with Gasteiger partial charge in [-0.2, -0.15) is 8.78 Å². The van der Waals surface area contributed by atoms with Gasteiger partial charge in [0.25, 0.3) is 5.56 Å². The Hall–Kier alpha value is -4.00. The zero-order chi connectivity index (χ0) is 31.5. The SMILES string of the molecule is CC[C@@H](C(=O)NC(CC(=O)OC(C)(C)C)C(=O)COc1c(F)c(F)c(F)c(F)c1F)n1ccc2ccc(Cl)cc2c1=O. The fourth-order valence-electron chi connectivity index (χ4n) is 4.00. The number of amides is 1. The first-order chi connectivity index (χ1) is 19.5. The Morgan fingerprint density at radius 1 is 0.976 bits per heavy atom. The molecule has 1 amide bonds. The van der Waals surface area contributed by atoms with E-state index in [4.69, 9.17) is 16.3 Å². The van der Waals surface area contributed by atoms with Gasteiger partial charge in [0.2, 0.25) is 35.0 Å². The summed E-state index contributed by atoms with van der Waals surface area (Å²) in [5.74, 6) is -16.3. The van der Waals surface area contributed by atoms with E-state index >= 15 is 0 Å². The number of Topliss-reactive ketones (excluding diaryl/α,β-unsaturated/α-hetero) is 1. The van der Waals surface area contributed by atoms with Gasteiger partial charge in [0.15, 0.2) is 11.5 Å². The normalized spacial score (nSPS) is 13.0. The summed E-state index contributed by atoms with van der Waals surface area (Å²) in [5.41, 5.74) is -1.56. The van der Waals surface area contributed by atoms with Gasteiger partial charge in [0, 0.05) is 16.6 Å². The van der Waals surface area contributed by atoms with Crippen LogP contribution in [0.25, 0.3) is 10.8 Å². The van der Waals surface area contributed by atoms with Crippen molar-refractivity contribution in [1.82, 2.24) is 9.88 Å². The Morgan fingerprint density at radius 2 is 1.57 bits per heavy atom. The van der Waals surface area contributed by atoms with Crippen molar-refractivity contribution in [2.45, 2.75) is 58.2 Å². The number of ketones is 1. The number of aromatic nitrogens is 1. The highest BCUT2D eigenvalue weighted by Crippen LogP contribution is 2.29. The fraction of sp³-hybridized carbons (Fsp3) is 0.357. The Bertz CT molecular complexity index is 1580. The average molecular weight is 617 g/mol. The molecule has 0 saturated heterocycles. The monoisotopic (exact) mass is 616 g/mol. The average Bonchev–Trinajstić information content (AvgIpc) is 2.91. The fourth-order valence-corrected chi connectivity index (χ4v) is 4.17. The van der Waals surface area contributed by atoms with Crippen molar-refractivity contribution in [3.05, 3.63) is 74.9 Å². The molecule has 2 aromatic carbocycles. The van der Waals surface area contributed by atoms with E-state index in [1.165, 1.54) is 33.0 Å². The molecule has 0 aliphatic carbocycles. The highest BCUT2D eigenvalue weighted by atomic mass is 35.5. The molecule has 0 fully saturated rings. The van der Waals surface area contributed by atoms with Crippen LogP contribution >= 0.6 is 11.6 Å². The van der Waals surface area contributed by atoms with Crippen LogP contribution in [0.4, 0.5) is 22.0 Å². The van der Waals surface area contributed by atoms with E-state index in [0.29, 0.717) is 5.39 Å².